The molecule has 0 bridgehead atoms. The second-order valence-corrected chi connectivity index (χ2v) is 9.93. The van der Waals surface area contributed by atoms with Crippen molar-refractivity contribution in [3.63, 3.8) is 0 Å². The van der Waals surface area contributed by atoms with Crippen LogP contribution in [0.1, 0.15) is 50.2 Å². The second kappa shape index (κ2) is 15.9. The molecule has 0 fully saturated rings. The molecule has 1 heterocycles. The van der Waals surface area contributed by atoms with Crippen LogP contribution >= 0.6 is 0 Å². The summed E-state index contributed by atoms with van der Waals surface area (Å²) in [5.74, 6) is 1.48. The minimum Gasteiger partial charge on any atom is -0.494 e. The molecule has 3 aromatic carbocycles. The molecular formula is C34H37N3O4. The average molecular weight is 552 g/mol. The summed E-state index contributed by atoms with van der Waals surface area (Å²) >= 11 is 0. The van der Waals surface area contributed by atoms with Crippen LogP contribution in [0.4, 0.5) is 4.79 Å². The van der Waals surface area contributed by atoms with E-state index in [1.165, 1.54) is 25.7 Å². The zero-order valence-corrected chi connectivity index (χ0v) is 23.5. The predicted octanol–water partition coefficient (Wildman–Crippen LogP) is 7.20. The maximum atomic E-state index is 12.1. The number of nitrogens with zero attached hydrogens (tertiary/aromatic N) is 2. The summed E-state index contributed by atoms with van der Waals surface area (Å²) in [6.45, 7) is 3.11. The number of nitrogens with one attached hydrogen (secondary N) is 1. The van der Waals surface area contributed by atoms with E-state index in [2.05, 4.69) is 22.2 Å². The van der Waals surface area contributed by atoms with Crippen molar-refractivity contribution in [3.05, 3.63) is 102 Å². The first-order valence-corrected chi connectivity index (χ1v) is 14.2. The van der Waals surface area contributed by atoms with E-state index >= 15 is 0 Å². The van der Waals surface area contributed by atoms with Gasteiger partial charge >= 0.3 is 6.09 Å². The van der Waals surface area contributed by atoms with Crippen LogP contribution in [0.15, 0.2) is 91.3 Å². The lowest BCUT2D eigenvalue weighted by Gasteiger charge is -2.13. The highest BCUT2D eigenvalue weighted by molar-refractivity contribution is 5.73. The molecule has 1 atom stereocenters. The van der Waals surface area contributed by atoms with Gasteiger partial charge in [0, 0.05) is 23.5 Å². The van der Waals surface area contributed by atoms with E-state index in [1.807, 2.05) is 91.3 Å². The molecule has 7 nitrogen and oxygen atoms in total. The third-order valence-corrected chi connectivity index (χ3v) is 6.70. The molecule has 1 N–H and O–H groups in total. The van der Waals surface area contributed by atoms with Gasteiger partial charge in [0.2, 0.25) is 0 Å². The van der Waals surface area contributed by atoms with E-state index in [9.17, 15) is 9.59 Å². The van der Waals surface area contributed by atoms with Crippen molar-refractivity contribution in [3.8, 4) is 28.3 Å². The van der Waals surface area contributed by atoms with E-state index in [-0.39, 0.29) is 6.61 Å². The van der Waals surface area contributed by atoms with Gasteiger partial charge < -0.3 is 19.6 Å². The zero-order chi connectivity index (χ0) is 28.7. The van der Waals surface area contributed by atoms with Crippen LogP contribution in [-0.2, 0) is 22.6 Å². The molecule has 0 spiro atoms. The van der Waals surface area contributed by atoms with Crippen LogP contribution in [0.25, 0.3) is 22.5 Å². The van der Waals surface area contributed by atoms with E-state index in [0.29, 0.717) is 18.5 Å². The van der Waals surface area contributed by atoms with Crippen LogP contribution in [0.3, 0.4) is 0 Å². The van der Waals surface area contributed by atoms with Crippen molar-refractivity contribution in [2.24, 2.45) is 0 Å². The standard InChI is InChI=1S/C34H37N3O4/c1-2-3-4-5-9-20-40-32-18-16-28(17-19-32)30-22-35-33(36-23-30)29-14-12-26(13-15-29)21-31(24-38)37-34(39)41-25-27-10-7-6-8-11-27/h6-8,10-19,22-24,31H,2-5,9,20-21,25H2,1H3,(H,37,39). The molecule has 0 aliphatic carbocycles. The highest BCUT2D eigenvalue weighted by atomic mass is 16.5. The maximum Gasteiger partial charge on any atom is 0.408 e. The molecule has 0 aliphatic rings. The summed E-state index contributed by atoms with van der Waals surface area (Å²) < 4.78 is 11.1. The molecule has 1 aromatic heterocycles. The summed E-state index contributed by atoms with van der Waals surface area (Å²) in [7, 11) is 0. The smallest absolute Gasteiger partial charge is 0.408 e. The fraction of sp³-hybridized carbons (Fsp3) is 0.294. The molecule has 4 aromatic rings. The van der Waals surface area contributed by atoms with Crippen LogP contribution < -0.4 is 10.1 Å². The van der Waals surface area contributed by atoms with Gasteiger partial charge in [0.15, 0.2) is 5.82 Å². The summed E-state index contributed by atoms with van der Waals surface area (Å²) in [6.07, 6.45) is 10.2. The fourth-order valence-corrected chi connectivity index (χ4v) is 4.36. The minimum absolute atomic E-state index is 0.144. The first kappa shape index (κ1) is 29.5. The SMILES string of the molecule is CCCCCCCOc1ccc(-c2cnc(-c3ccc(CC(C=O)NC(=O)OCc4ccccc4)cc3)nc2)cc1. The monoisotopic (exact) mass is 551 g/mol. The molecule has 0 saturated carbocycles. The Morgan fingerprint density at radius 3 is 2.17 bits per heavy atom. The summed E-state index contributed by atoms with van der Waals surface area (Å²) in [6, 6.07) is 24.3. The quantitative estimate of drug-likeness (QED) is 0.124. The Morgan fingerprint density at radius 2 is 1.49 bits per heavy atom. The first-order valence-electron chi connectivity index (χ1n) is 14.2. The molecular weight excluding hydrogens is 514 g/mol. The minimum atomic E-state index is -0.692. The molecule has 0 aliphatic heterocycles. The van der Waals surface area contributed by atoms with Gasteiger partial charge in [-0.1, -0.05) is 99.3 Å². The second-order valence-electron chi connectivity index (χ2n) is 9.93. The molecule has 41 heavy (non-hydrogen) atoms. The average Bonchev–Trinajstić information content (AvgIpc) is 3.02. The molecule has 4 rings (SSSR count). The normalized spacial score (nSPS) is 11.4. The van der Waals surface area contributed by atoms with E-state index in [1.54, 1.807) is 0 Å². The third-order valence-electron chi connectivity index (χ3n) is 6.70. The zero-order valence-electron chi connectivity index (χ0n) is 23.5. The Bertz CT molecular complexity index is 1340. The number of benzene rings is 3. The highest BCUT2D eigenvalue weighted by Gasteiger charge is 2.14. The number of aromatic nitrogens is 2. The Hall–Kier alpha value is -4.52. The topological polar surface area (TPSA) is 90.4 Å². The summed E-state index contributed by atoms with van der Waals surface area (Å²) in [5, 5.41) is 2.61. The number of carbonyl (C=O) groups excluding carboxylic acids is 2. The van der Waals surface area contributed by atoms with Gasteiger partial charge in [0.1, 0.15) is 18.6 Å². The number of amides is 1. The Kier molecular flexibility index (Phi) is 11.4. The predicted molar refractivity (Wildman–Crippen MR) is 160 cm³/mol. The van der Waals surface area contributed by atoms with Crippen molar-refractivity contribution in [2.75, 3.05) is 6.61 Å². The lowest BCUT2D eigenvalue weighted by atomic mass is 10.0. The molecule has 212 valence electrons. The Labute approximate surface area is 242 Å². The van der Waals surface area contributed by atoms with Gasteiger partial charge in [0.25, 0.3) is 0 Å². The maximum absolute atomic E-state index is 12.1. The molecule has 1 amide bonds. The number of hydrogen-bond acceptors (Lipinski definition) is 6. The number of hydrogen-bond donors (Lipinski definition) is 1. The summed E-state index contributed by atoms with van der Waals surface area (Å²) in [4.78, 5) is 32.8. The van der Waals surface area contributed by atoms with Gasteiger partial charge in [0.05, 0.1) is 12.6 Å². The lowest BCUT2D eigenvalue weighted by Crippen LogP contribution is -2.37. The van der Waals surface area contributed by atoms with Crippen LogP contribution in [0, 0.1) is 0 Å². The number of aldehydes is 1. The van der Waals surface area contributed by atoms with E-state index in [0.717, 1.165) is 46.6 Å². The van der Waals surface area contributed by atoms with Crippen LogP contribution in [-0.4, -0.2) is 35.0 Å². The first-order chi connectivity index (χ1) is 20.1. The summed E-state index contributed by atoms with van der Waals surface area (Å²) in [5.41, 5.74) is 4.59. The lowest BCUT2D eigenvalue weighted by molar-refractivity contribution is -0.109. The van der Waals surface area contributed by atoms with Gasteiger partial charge in [-0.25, -0.2) is 14.8 Å². The third kappa shape index (κ3) is 9.57. The van der Waals surface area contributed by atoms with Gasteiger partial charge in [-0.05, 0) is 41.7 Å². The Balaban J connectivity index is 1.26. The number of ether oxygens (including phenoxy) is 2. The van der Waals surface area contributed by atoms with E-state index in [4.69, 9.17) is 9.47 Å². The van der Waals surface area contributed by atoms with E-state index < -0.39 is 12.1 Å². The van der Waals surface area contributed by atoms with Crippen molar-refractivity contribution in [1.82, 2.24) is 15.3 Å². The van der Waals surface area contributed by atoms with Gasteiger partial charge in [-0.15, -0.1) is 0 Å². The van der Waals surface area contributed by atoms with Crippen molar-refractivity contribution in [1.29, 1.82) is 0 Å². The number of rotatable bonds is 15. The van der Waals surface area contributed by atoms with Gasteiger partial charge in [-0.2, -0.15) is 0 Å². The molecule has 1 unspecified atom stereocenters. The highest BCUT2D eigenvalue weighted by Crippen LogP contribution is 2.23. The molecule has 0 saturated heterocycles. The van der Waals surface area contributed by atoms with Crippen LogP contribution in [0.2, 0.25) is 0 Å². The number of alkyl carbamates (subject to hydrolysis) is 1. The van der Waals surface area contributed by atoms with Crippen molar-refractivity contribution >= 4 is 12.4 Å². The fourth-order valence-electron chi connectivity index (χ4n) is 4.36. The van der Waals surface area contributed by atoms with Crippen LogP contribution in [0.5, 0.6) is 5.75 Å². The van der Waals surface area contributed by atoms with Crippen molar-refractivity contribution in [2.45, 2.75) is 58.1 Å². The largest absolute Gasteiger partial charge is 0.494 e. The van der Waals surface area contributed by atoms with Crippen molar-refractivity contribution < 1.29 is 19.1 Å². The number of unbranched alkanes of at least 4 members (excludes halogenated alkanes) is 4. The van der Waals surface area contributed by atoms with Gasteiger partial charge in [-0.3, -0.25) is 0 Å². The molecule has 0 radical (unpaired) electrons. The molecule has 7 heteroatoms. The Morgan fingerprint density at radius 1 is 0.805 bits per heavy atom. The number of carbonyl (C=O) groups is 2.